The molecule has 2 aromatic rings. The summed E-state index contributed by atoms with van der Waals surface area (Å²) in [6, 6.07) is 16.5. The molecule has 0 atom stereocenters. The van der Waals surface area contributed by atoms with E-state index < -0.39 is 0 Å². The molecule has 0 amide bonds. The van der Waals surface area contributed by atoms with E-state index in [0.29, 0.717) is 19.8 Å². The van der Waals surface area contributed by atoms with Gasteiger partial charge in [0, 0.05) is 20.1 Å². The average Bonchev–Trinajstić information content (AvgIpc) is 2.68. The van der Waals surface area contributed by atoms with Gasteiger partial charge in [0.1, 0.15) is 5.75 Å². The fraction of sp³-hybridized carbons (Fsp3) is 0.381. The highest BCUT2D eigenvalue weighted by atomic mass is 127. The van der Waals surface area contributed by atoms with Gasteiger partial charge < -0.3 is 20.1 Å². The van der Waals surface area contributed by atoms with E-state index in [-0.39, 0.29) is 24.0 Å². The summed E-state index contributed by atoms with van der Waals surface area (Å²) in [4.78, 5) is 4.24. The third-order valence-corrected chi connectivity index (χ3v) is 4.05. The number of nitrogens with one attached hydrogen (secondary N) is 2. The zero-order chi connectivity index (χ0) is 18.6. The Morgan fingerprint density at radius 2 is 1.74 bits per heavy atom. The first-order valence-electron chi connectivity index (χ1n) is 8.92. The van der Waals surface area contributed by atoms with Crippen molar-refractivity contribution in [1.82, 2.24) is 10.6 Å². The number of methoxy groups -OCH3 is 1. The van der Waals surface area contributed by atoms with Crippen molar-refractivity contribution in [3.8, 4) is 5.75 Å². The highest BCUT2D eigenvalue weighted by molar-refractivity contribution is 14.0. The van der Waals surface area contributed by atoms with E-state index in [4.69, 9.17) is 9.47 Å². The first-order chi connectivity index (χ1) is 12.7. The Morgan fingerprint density at radius 3 is 2.44 bits per heavy atom. The minimum atomic E-state index is 0. The molecule has 148 valence electrons. The lowest BCUT2D eigenvalue weighted by atomic mass is 10.1. The molecule has 0 spiro atoms. The van der Waals surface area contributed by atoms with Gasteiger partial charge in [-0.25, -0.2) is 0 Å². The van der Waals surface area contributed by atoms with Crippen LogP contribution in [-0.2, 0) is 17.8 Å². The molecule has 2 rings (SSSR count). The molecule has 0 fully saturated rings. The van der Waals surface area contributed by atoms with Crippen LogP contribution in [0.5, 0.6) is 5.75 Å². The number of aryl methyl sites for hydroxylation is 1. The molecule has 0 bridgehead atoms. The second-order valence-corrected chi connectivity index (χ2v) is 6.02. The molecule has 0 heterocycles. The fourth-order valence-corrected chi connectivity index (χ4v) is 2.57. The molecule has 0 aliphatic heterocycles. The molecule has 0 aliphatic rings. The van der Waals surface area contributed by atoms with Crippen LogP contribution >= 0.6 is 24.0 Å². The molecule has 2 N–H and O–H groups in total. The monoisotopic (exact) mass is 483 g/mol. The fourth-order valence-electron chi connectivity index (χ4n) is 2.57. The number of aliphatic imine (C=N–C) groups is 1. The molecule has 6 heteroatoms. The summed E-state index contributed by atoms with van der Waals surface area (Å²) in [5, 5.41) is 6.58. The van der Waals surface area contributed by atoms with Crippen LogP contribution in [0, 0.1) is 6.92 Å². The average molecular weight is 483 g/mol. The molecule has 0 aromatic heterocycles. The number of halogens is 1. The maximum atomic E-state index is 5.67. The lowest BCUT2D eigenvalue weighted by molar-refractivity contribution is 0.125. The summed E-state index contributed by atoms with van der Waals surface area (Å²) in [5.74, 6) is 1.72. The third-order valence-electron chi connectivity index (χ3n) is 4.05. The molecule has 0 saturated carbocycles. The van der Waals surface area contributed by atoms with Gasteiger partial charge in [0.25, 0.3) is 0 Å². The van der Waals surface area contributed by atoms with Gasteiger partial charge in [-0.1, -0.05) is 42.5 Å². The van der Waals surface area contributed by atoms with Crippen LogP contribution < -0.4 is 15.4 Å². The minimum Gasteiger partial charge on any atom is -0.496 e. The van der Waals surface area contributed by atoms with E-state index in [2.05, 4.69) is 46.0 Å². The van der Waals surface area contributed by atoms with E-state index in [0.717, 1.165) is 30.2 Å². The van der Waals surface area contributed by atoms with Crippen molar-refractivity contribution in [3.63, 3.8) is 0 Å². The molecule has 5 nitrogen and oxygen atoms in total. The van der Waals surface area contributed by atoms with Crippen molar-refractivity contribution in [3.05, 3.63) is 65.2 Å². The van der Waals surface area contributed by atoms with Crippen molar-refractivity contribution in [2.24, 2.45) is 4.99 Å². The third kappa shape index (κ3) is 8.62. The summed E-state index contributed by atoms with van der Waals surface area (Å²) in [6.45, 7) is 4.82. The van der Waals surface area contributed by atoms with Gasteiger partial charge in [-0.2, -0.15) is 0 Å². The first kappa shape index (κ1) is 23.2. The number of hydrogen-bond acceptors (Lipinski definition) is 3. The Balaban J connectivity index is 0.00000364. The zero-order valence-electron chi connectivity index (χ0n) is 16.3. The van der Waals surface area contributed by atoms with Crippen LogP contribution in [0.2, 0.25) is 0 Å². The molecule has 0 radical (unpaired) electrons. The Kier molecular flexibility index (Phi) is 11.5. The van der Waals surface area contributed by atoms with E-state index >= 15 is 0 Å². The number of rotatable bonds is 9. The predicted molar refractivity (Wildman–Crippen MR) is 122 cm³/mol. The van der Waals surface area contributed by atoms with Crippen LogP contribution in [-0.4, -0.2) is 39.8 Å². The second-order valence-electron chi connectivity index (χ2n) is 6.02. The van der Waals surface area contributed by atoms with E-state index in [1.54, 1.807) is 14.2 Å². The predicted octanol–water partition coefficient (Wildman–Crippen LogP) is 3.55. The number of ether oxygens (including phenoxy) is 2. The molecular weight excluding hydrogens is 453 g/mol. The van der Waals surface area contributed by atoms with Gasteiger partial charge in [-0.15, -0.1) is 24.0 Å². The highest BCUT2D eigenvalue weighted by Crippen LogP contribution is 2.18. The number of hydrogen-bond donors (Lipinski definition) is 2. The number of benzene rings is 2. The zero-order valence-corrected chi connectivity index (χ0v) is 18.7. The smallest absolute Gasteiger partial charge is 0.191 e. The summed E-state index contributed by atoms with van der Waals surface area (Å²) < 4.78 is 11.0. The van der Waals surface area contributed by atoms with Crippen LogP contribution in [0.1, 0.15) is 16.7 Å². The van der Waals surface area contributed by atoms with Crippen LogP contribution in [0.3, 0.4) is 0 Å². The van der Waals surface area contributed by atoms with Crippen LogP contribution in [0.4, 0.5) is 0 Å². The lowest BCUT2D eigenvalue weighted by Gasteiger charge is -2.13. The first-order valence-corrected chi connectivity index (χ1v) is 8.92. The topological polar surface area (TPSA) is 54.9 Å². The van der Waals surface area contributed by atoms with E-state index in [9.17, 15) is 0 Å². The van der Waals surface area contributed by atoms with E-state index in [1.165, 1.54) is 11.1 Å². The van der Waals surface area contributed by atoms with Crippen LogP contribution in [0.15, 0.2) is 53.5 Å². The largest absolute Gasteiger partial charge is 0.496 e. The Hall–Kier alpha value is -1.80. The van der Waals surface area contributed by atoms with Crippen molar-refractivity contribution in [2.75, 3.05) is 33.9 Å². The van der Waals surface area contributed by atoms with Crippen molar-refractivity contribution in [1.29, 1.82) is 0 Å². The molecule has 0 unspecified atom stereocenters. The quantitative estimate of drug-likeness (QED) is 0.248. The standard InChI is InChI=1S/C21H29N3O2.HI/c1-17-9-10-18(15-20(17)25-3)11-12-23-21(22-2)24-13-14-26-16-19-7-5-4-6-8-19;/h4-10,15H,11-14,16H2,1-3H3,(H2,22,23,24);1H. The summed E-state index contributed by atoms with van der Waals surface area (Å²) in [5.41, 5.74) is 3.57. The summed E-state index contributed by atoms with van der Waals surface area (Å²) in [7, 11) is 3.48. The molecule has 0 aliphatic carbocycles. The summed E-state index contributed by atoms with van der Waals surface area (Å²) >= 11 is 0. The Bertz CT molecular complexity index is 693. The summed E-state index contributed by atoms with van der Waals surface area (Å²) in [6.07, 6.45) is 0.905. The lowest BCUT2D eigenvalue weighted by Crippen LogP contribution is -2.39. The SMILES string of the molecule is CN=C(NCCOCc1ccccc1)NCCc1ccc(C)c(OC)c1.I. The van der Waals surface area contributed by atoms with Gasteiger partial charge in [0.2, 0.25) is 0 Å². The highest BCUT2D eigenvalue weighted by Gasteiger charge is 2.02. The van der Waals surface area contributed by atoms with E-state index in [1.807, 2.05) is 25.1 Å². The minimum absolute atomic E-state index is 0. The number of guanidine groups is 1. The molecule has 27 heavy (non-hydrogen) atoms. The Morgan fingerprint density at radius 1 is 1.00 bits per heavy atom. The number of nitrogens with zero attached hydrogens (tertiary/aromatic N) is 1. The maximum Gasteiger partial charge on any atom is 0.191 e. The van der Waals surface area contributed by atoms with Crippen molar-refractivity contribution in [2.45, 2.75) is 20.0 Å². The van der Waals surface area contributed by atoms with Crippen molar-refractivity contribution >= 4 is 29.9 Å². The van der Waals surface area contributed by atoms with Gasteiger partial charge in [0.15, 0.2) is 5.96 Å². The maximum absolute atomic E-state index is 5.67. The van der Waals surface area contributed by atoms with Crippen LogP contribution in [0.25, 0.3) is 0 Å². The normalized spacial score (nSPS) is 10.9. The van der Waals surface area contributed by atoms with Crippen molar-refractivity contribution < 1.29 is 9.47 Å². The molecular formula is C21H30IN3O2. The second kappa shape index (κ2) is 13.4. The van der Waals surface area contributed by atoms with Gasteiger partial charge >= 0.3 is 0 Å². The molecule has 2 aromatic carbocycles. The van der Waals surface area contributed by atoms with Gasteiger partial charge in [-0.3, -0.25) is 4.99 Å². The molecule has 0 saturated heterocycles. The van der Waals surface area contributed by atoms with Gasteiger partial charge in [-0.05, 0) is 36.1 Å². The van der Waals surface area contributed by atoms with Gasteiger partial charge in [0.05, 0.1) is 20.3 Å². The Labute approximate surface area is 179 Å².